The third kappa shape index (κ3) is 2.23. The van der Waals surface area contributed by atoms with Gasteiger partial charge in [0.2, 0.25) is 0 Å². The van der Waals surface area contributed by atoms with Crippen LogP contribution < -0.4 is 0 Å². The van der Waals surface area contributed by atoms with Gasteiger partial charge in [-0.15, -0.1) is 0 Å². The monoisotopic (exact) mass is 183 g/mol. The van der Waals surface area contributed by atoms with E-state index >= 15 is 0 Å². The molecular formula is C11H21NO. The van der Waals surface area contributed by atoms with Crippen LogP contribution in [0.1, 0.15) is 33.1 Å². The van der Waals surface area contributed by atoms with E-state index in [9.17, 15) is 5.11 Å². The molecule has 0 aromatic rings. The van der Waals surface area contributed by atoms with Gasteiger partial charge in [0.25, 0.3) is 0 Å². The maximum Gasteiger partial charge on any atom is 0.0718 e. The maximum absolute atomic E-state index is 9.70. The standard InChI is InChI=1S/C11H21NO/c1-11(2,13)8-12-6-9-4-3-5-10(9)7-12/h9-10,13H,3-8H2,1-2H3. The minimum atomic E-state index is -0.515. The van der Waals surface area contributed by atoms with E-state index in [1.54, 1.807) is 0 Å². The Morgan fingerprint density at radius 1 is 1.23 bits per heavy atom. The van der Waals surface area contributed by atoms with Crippen LogP contribution in [0.5, 0.6) is 0 Å². The zero-order valence-corrected chi connectivity index (χ0v) is 8.79. The SMILES string of the molecule is CC(C)(O)CN1CC2CCCC2C1. The van der Waals surface area contributed by atoms with Gasteiger partial charge < -0.3 is 5.11 Å². The lowest BCUT2D eigenvalue weighted by Gasteiger charge is -2.25. The number of hydrogen-bond donors (Lipinski definition) is 1. The summed E-state index contributed by atoms with van der Waals surface area (Å²) in [5.41, 5.74) is -0.515. The van der Waals surface area contributed by atoms with E-state index in [1.165, 1.54) is 32.4 Å². The maximum atomic E-state index is 9.70. The summed E-state index contributed by atoms with van der Waals surface area (Å²) >= 11 is 0. The molecule has 2 nitrogen and oxygen atoms in total. The Morgan fingerprint density at radius 2 is 1.77 bits per heavy atom. The van der Waals surface area contributed by atoms with Crippen LogP contribution in [0.3, 0.4) is 0 Å². The van der Waals surface area contributed by atoms with E-state index in [-0.39, 0.29) is 0 Å². The van der Waals surface area contributed by atoms with Gasteiger partial charge in [0, 0.05) is 19.6 Å². The number of hydrogen-bond acceptors (Lipinski definition) is 2. The van der Waals surface area contributed by atoms with Crippen LogP contribution in [0.15, 0.2) is 0 Å². The molecule has 1 aliphatic heterocycles. The summed E-state index contributed by atoms with van der Waals surface area (Å²) in [7, 11) is 0. The summed E-state index contributed by atoms with van der Waals surface area (Å²) in [4.78, 5) is 2.44. The predicted molar refractivity (Wildman–Crippen MR) is 53.6 cm³/mol. The lowest BCUT2D eigenvalue weighted by Crippen LogP contribution is -2.37. The molecule has 1 saturated heterocycles. The summed E-state index contributed by atoms with van der Waals surface area (Å²) in [6, 6.07) is 0. The smallest absolute Gasteiger partial charge is 0.0718 e. The molecular weight excluding hydrogens is 162 g/mol. The molecule has 1 aliphatic carbocycles. The fourth-order valence-corrected chi connectivity index (χ4v) is 3.01. The molecule has 0 amide bonds. The van der Waals surface area contributed by atoms with E-state index in [4.69, 9.17) is 0 Å². The molecule has 2 aliphatic rings. The Balaban J connectivity index is 1.85. The molecule has 76 valence electrons. The van der Waals surface area contributed by atoms with Gasteiger partial charge in [-0.3, -0.25) is 4.90 Å². The predicted octanol–water partition coefficient (Wildman–Crippen LogP) is 1.49. The quantitative estimate of drug-likeness (QED) is 0.701. The molecule has 2 rings (SSSR count). The fraction of sp³-hybridized carbons (Fsp3) is 1.00. The third-order valence-electron chi connectivity index (χ3n) is 3.41. The number of likely N-dealkylation sites (tertiary alicyclic amines) is 1. The molecule has 2 atom stereocenters. The second kappa shape index (κ2) is 3.25. The Morgan fingerprint density at radius 3 is 2.23 bits per heavy atom. The van der Waals surface area contributed by atoms with Crippen molar-refractivity contribution in [2.75, 3.05) is 19.6 Å². The van der Waals surface area contributed by atoms with E-state index in [0.717, 1.165) is 18.4 Å². The highest BCUT2D eigenvalue weighted by Gasteiger charge is 2.37. The summed E-state index contributed by atoms with van der Waals surface area (Å²) in [5.74, 6) is 1.89. The Labute approximate surface area is 80.9 Å². The van der Waals surface area contributed by atoms with Crippen molar-refractivity contribution in [2.45, 2.75) is 38.7 Å². The van der Waals surface area contributed by atoms with Crippen LogP contribution in [0.25, 0.3) is 0 Å². The van der Waals surface area contributed by atoms with Crippen molar-refractivity contribution in [1.82, 2.24) is 4.90 Å². The minimum absolute atomic E-state index is 0.515. The summed E-state index contributed by atoms with van der Waals surface area (Å²) < 4.78 is 0. The summed E-state index contributed by atoms with van der Waals surface area (Å²) in [6.07, 6.45) is 4.28. The number of nitrogens with zero attached hydrogens (tertiary/aromatic N) is 1. The molecule has 0 radical (unpaired) electrons. The highest BCUT2D eigenvalue weighted by Crippen LogP contribution is 2.37. The summed E-state index contributed by atoms with van der Waals surface area (Å²) in [5, 5.41) is 9.70. The van der Waals surface area contributed by atoms with Gasteiger partial charge in [-0.25, -0.2) is 0 Å². The van der Waals surface area contributed by atoms with Crippen molar-refractivity contribution in [3.8, 4) is 0 Å². The average molecular weight is 183 g/mol. The fourth-order valence-electron chi connectivity index (χ4n) is 3.01. The minimum Gasteiger partial charge on any atom is -0.389 e. The molecule has 0 spiro atoms. The van der Waals surface area contributed by atoms with Crippen molar-refractivity contribution in [1.29, 1.82) is 0 Å². The number of rotatable bonds is 2. The van der Waals surface area contributed by atoms with Crippen molar-refractivity contribution in [3.63, 3.8) is 0 Å². The number of β-amino-alcohol motifs (C(OH)–C–C–N with tert-alkyl or cyclic N) is 1. The van der Waals surface area contributed by atoms with E-state index in [2.05, 4.69) is 4.90 Å². The van der Waals surface area contributed by atoms with Gasteiger partial charge >= 0.3 is 0 Å². The Hall–Kier alpha value is -0.0800. The molecule has 2 unspecified atom stereocenters. The first-order chi connectivity index (χ1) is 6.04. The second-order valence-corrected chi connectivity index (χ2v) is 5.46. The van der Waals surface area contributed by atoms with Gasteiger partial charge in [-0.05, 0) is 38.5 Å². The van der Waals surface area contributed by atoms with Crippen molar-refractivity contribution in [2.24, 2.45) is 11.8 Å². The van der Waals surface area contributed by atoms with Crippen LogP contribution in [0.4, 0.5) is 0 Å². The third-order valence-corrected chi connectivity index (χ3v) is 3.41. The highest BCUT2D eigenvalue weighted by molar-refractivity contribution is 4.90. The van der Waals surface area contributed by atoms with Crippen LogP contribution in [-0.2, 0) is 0 Å². The topological polar surface area (TPSA) is 23.5 Å². The summed E-state index contributed by atoms with van der Waals surface area (Å²) in [6.45, 7) is 7.12. The zero-order valence-electron chi connectivity index (χ0n) is 8.79. The first-order valence-corrected chi connectivity index (χ1v) is 5.49. The first-order valence-electron chi connectivity index (χ1n) is 5.49. The molecule has 2 heteroatoms. The van der Waals surface area contributed by atoms with E-state index < -0.39 is 5.60 Å². The second-order valence-electron chi connectivity index (χ2n) is 5.46. The molecule has 1 heterocycles. The molecule has 1 N–H and O–H groups in total. The van der Waals surface area contributed by atoms with Crippen LogP contribution >= 0.6 is 0 Å². The van der Waals surface area contributed by atoms with Gasteiger partial charge in [-0.2, -0.15) is 0 Å². The lowest BCUT2D eigenvalue weighted by molar-refractivity contribution is 0.0415. The molecule has 1 saturated carbocycles. The van der Waals surface area contributed by atoms with E-state index in [0.29, 0.717) is 0 Å². The van der Waals surface area contributed by atoms with Gasteiger partial charge in [0.15, 0.2) is 0 Å². The molecule has 13 heavy (non-hydrogen) atoms. The molecule has 2 fully saturated rings. The van der Waals surface area contributed by atoms with Crippen molar-refractivity contribution < 1.29 is 5.11 Å². The van der Waals surface area contributed by atoms with Crippen molar-refractivity contribution in [3.05, 3.63) is 0 Å². The lowest BCUT2D eigenvalue weighted by atomic mass is 10.0. The van der Waals surface area contributed by atoms with Crippen molar-refractivity contribution >= 4 is 0 Å². The van der Waals surface area contributed by atoms with Crippen LogP contribution in [0.2, 0.25) is 0 Å². The Bertz CT molecular complexity index is 173. The number of fused-ring (bicyclic) bond motifs is 1. The van der Waals surface area contributed by atoms with Gasteiger partial charge in [-0.1, -0.05) is 6.42 Å². The van der Waals surface area contributed by atoms with Crippen LogP contribution in [-0.4, -0.2) is 35.2 Å². The average Bonchev–Trinajstić information content (AvgIpc) is 2.40. The number of aliphatic hydroxyl groups is 1. The molecule has 0 bridgehead atoms. The van der Waals surface area contributed by atoms with Gasteiger partial charge in [0.05, 0.1) is 5.60 Å². The largest absolute Gasteiger partial charge is 0.389 e. The normalized spacial score (nSPS) is 35.3. The van der Waals surface area contributed by atoms with Gasteiger partial charge in [0.1, 0.15) is 0 Å². The zero-order chi connectivity index (χ0) is 9.47. The van der Waals surface area contributed by atoms with Crippen LogP contribution in [0, 0.1) is 11.8 Å². The molecule has 0 aromatic carbocycles. The Kier molecular flexibility index (Phi) is 2.37. The molecule has 0 aromatic heterocycles. The first kappa shape index (κ1) is 9.47. The van der Waals surface area contributed by atoms with E-state index in [1.807, 2.05) is 13.8 Å². The highest BCUT2D eigenvalue weighted by atomic mass is 16.3.